The van der Waals surface area contributed by atoms with Gasteiger partial charge in [0, 0.05) is 0 Å². The average Bonchev–Trinajstić information content (AvgIpc) is 2.09. The number of rotatable bonds is 2. The van der Waals surface area contributed by atoms with Crippen LogP contribution in [0.25, 0.3) is 0 Å². The van der Waals surface area contributed by atoms with Crippen LogP contribution < -0.4 is 5.32 Å². The lowest BCUT2D eigenvalue weighted by Gasteiger charge is -2.08. The maximum atomic E-state index is 11.3. The summed E-state index contributed by atoms with van der Waals surface area (Å²) in [7, 11) is 0. The number of pyridine rings is 1. The largest absolute Gasteiger partial charge is 0.324 e. The Morgan fingerprint density at radius 3 is 2.86 bits per heavy atom. The van der Waals surface area contributed by atoms with Gasteiger partial charge in [-0.3, -0.25) is 4.79 Å². The first kappa shape index (κ1) is 11.5. The Kier molecular flexibility index (Phi) is 3.89. The first-order valence-corrected chi connectivity index (χ1v) is 5.37. The van der Waals surface area contributed by atoms with Crippen molar-refractivity contribution in [2.75, 3.05) is 5.32 Å². The summed E-state index contributed by atoms with van der Waals surface area (Å²) in [5.74, 6) is -0.0998. The summed E-state index contributed by atoms with van der Waals surface area (Å²) < 4.78 is 0. The standard InChI is InChI=1S/C9H10BrClN2O/c1-5-3-8(11)12-4-7(5)13-9(14)6(2)10/h3-4,6H,1-2H3,(H,13,14). The van der Waals surface area contributed by atoms with Crippen LogP contribution in [0.2, 0.25) is 5.15 Å². The van der Waals surface area contributed by atoms with Gasteiger partial charge in [0.15, 0.2) is 0 Å². The minimum atomic E-state index is -0.224. The number of carbonyl (C=O) groups excluding carboxylic acids is 1. The molecule has 0 radical (unpaired) electrons. The highest BCUT2D eigenvalue weighted by Gasteiger charge is 2.10. The second-order valence-corrected chi connectivity index (χ2v) is 4.69. The highest BCUT2D eigenvalue weighted by Crippen LogP contribution is 2.17. The number of aromatic nitrogens is 1. The van der Waals surface area contributed by atoms with Gasteiger partial charge in [-0.15, -0.1) is 0 Å². The van der Waals surface area contributed by atoms with Crippen molar-refractivity contribution in [2.45, 2.75) is 18.7 Å². The molecule has 0 fully saturated rings. The zero-order chi connectivity index (χ0) is 10.7. The van der Waals surface area contributed by atoms with E-state index in [2.05, 4.69) is 26.2 Å². The van der Waals surface area contributed by atoms with Gasteiger partial charge in [0.2, 0.25) is 5.91 Å². The first-order valence-electron chi connectivity index (χ1n) is 4.08. The van der Waals surface area contributed by atoms with Crippen molar-refractivity contribution >= 4 is 39.1 Å². The van der Waals surface area contributed by atoms with E-state index in [-0.39, 0.29) is 10.7 Å². The minimum absolute atomic E-state index is 0.0998. The molecule has 1 rings (SSSR count). The van der Waals surface area contributed by atoms with E-state index in [0.29, 0.717) is 10.8 Å². The monoisotopic (exact) mass is 276 g/mol. The van der Waals surface area contributed by atoms with E-state index < -0.39 is 0 Å². The van der Waals surface area contributed by atoms with Gasteiger partial charge >= 0.3 is 0 Å². The molecule has 0 aromatic carbocycles. The maximum Gasteiger partial charge on any atom is 0.237 e. The molecule has 0 saturated heterocycles. The van der Waals surface area contributed by atoms with Crippen LogP contribution in [0.15, 0.2) is 12.3 Å². The number of hydrogen-bond donors (Lipinski definition) is 1. The van der Waals surface area contributed by atoms with Gasteiger partial charge in [0.05, 0.1) is 16.7 Å². The molecule has 14 heavy (non-hydrogen) atoms. The quantitative estimate of drug-likeness (QED) is 0.667. The van der Waals surface area contributed by atoms with Crippen LogP contribution >= 0.6 is 27.5 Å². The summed E-state index contributed by atoms with van der Waals surface area (Å²) in [6.07, 6.45) is 1.55. The van der Waals surface area contributed by atoms with Crippen LogP contribution in [0.3, 0.4) is 0 Å². The number of nitrogens with one attached hydrogen (secondary N) is 1. The minimum Gasteiger partial charge on any atom is -0.324 e. The zero-order valence-electron chi connectivity index (χ0n) is 7.84. The number of hydrogen-bond acceptors (Lipinski definition) is 2. The lowest BCUT2D eigenvalue weighted by Crippen LogP contribution is -2.20. The normalized spacial score (nSPS) is 12.3. The number of aryl methyl sites for hydroxylation is 1. The molecule has 1 N–H and O–H groups in total. The number of alkyl halides is 1. The Hall–Kier alpha value is -0.610. The molecule has 1 aromatic rings. The van der Waals surface area contributed by atoms with Crippen molar-refractivity contribution in [1.29, 1.82) is 0 Å². The Morgan fingerprint density at radius 2 is 2.36 bits per heavy atom. The van der Waals surface area contributed by atoms with E-state index in [4.69, 9.17) is 11.6 Å². The van der Waals surface area contributed by atoms with Crippen LogP contribution in [0.4, 0.5) is 5.69 Å². The molecular formula is C9H10BrClN2O. The molecule has 0 saturated carbocycles. The van der Waals surface area contributed by atoms with Crippen LogP contribution in [0.1, 0.15) is 12.5 Å². The second-order valence-electron chi connectivity index (χ2n) is 2.93. The Bertz CT molecular complexity index is 355. The fourth-order valence-electron chi connectivity index (χ4n) is 0.885. The van der Waals surface area contributed by atoms with E-state index in [1.807, 2.05) is 6.92 Å². The topological polar surface area (TPSA) is 42.0 Å². The Labute approximate surface area is 96.0 Å². The van der Waals surface area contributed by atoms with Crippen LogP contribution in [-0.2, 0) is 4.79 Å². The fourth-order valence-corrected chi connectivity index (χ4v) is 1.21. The molecular weight excluding hydrogens is 267 g/mol. The molecule has 0 spiro atoms. The lowest BCUT2D eigenvalue weighted by molar-refractivity contribution is -0.115. The Balaban J connectivity index is 2.82. The summed E-state index contributed by atoms with van der Waals surface area (Å²) in [6, 6.07) is 1.70. The van der Waals surface area contributed by atoms with E-state index in [9.17, 15) is 4.79 Å². The van der Waals surface area contributed by atoms with Crippen molar-refractivity contribution in [2.24, 2.45) is 0 Å². The Morgan fingerprint density at radius 1 is 1.71 bits per heavy atom. The smallest absolute Gasteiger partial charge is 0.237 e. The molecule has 5 heteroatoms. The third-order valence-corrected chi connectivity index (χ3v) is 2.32. The number of nitrogens with zero attached hydrogens (tertiary/aromatic N) is 1. The summed E-state index contributed by atoms with van der Waals surface area (Å²) in [5.41, 5.74) is 1.58. The lowest BCUT2D eigenvalue weighted by atomic mass is 10.2. The van der Waals surface area contributed by atoms with Gasteiger partial charge in [-0.05, 0) is 25.5 Å². The highest BCUT2D eigenvalue weighted by atomic mass is 79.9. The average molecular weight is 278 g/mol. The molecule has 1 unspecified atom stereocenters. The molecule has 0 aliphatic heterocycles. The van der Waals surface area contributed by atoms with Crippen LogP contribution in [0.5, 0.6) is 0 Å². The van der Waals surface area contributed by atoms with Crippen molar-refractivity contribution in [3.63, 3.8) is 0 Å². The SMILES string of the molecule is Cc1cc(Cl)ncc1NC(=O)C(C)Br. The molecule has 0 aliphatic carbocycles. The molecule has 0 aliphatic rings. The molecule has 1 aromatic heterocycles. The third kappa shape index (κ3) is 2.96. The van der Waals surface area contributed by atoms with Gasteiger partial charge in [0.1, 0.15) is 5.15 Å². The van der Waals surface area contributed by atoms with Gasteiger partial charge in [-0.2, -0.15) is 0 Å². The summed E-state index contributed by atoms with van der Waals surface area (Å²) in [4.78, 5) is 15.0. The number of anilines is 1. The first-order chi connectivity index (χ1) is 6.50. The fraction of sp³-hybridized carbons (Fsp3) is 0.333. The predicted molar refractivity (Wildman–Crippen MR) is 61.0 cm³/mol. The van der Waals surface area contributed by atoms with Crippen molar-refractivity contribution in [3.05, 3.63) is 23.0 Å². The molecule has 1 heterocycles. The maximum absolute atomic E-state index is 11.3. The van der Waals surface area contributed by atoms with Crippen molar-refractivity contribution < 1.29 is 4.79 Å². The predicted octanol–water partition coefficient (Wildman–Crippen LogP) is 2.77. The van der Waals surface area contributed by atoms with Crippen molar-refractivity contribution in [3.8, 4) is 0 Å². The summed E-state index contributed by atoms with van der Waals surface area (Å²) in [6.45, 7) is 3.62. The molecule has 1 atom stereocenters. The second kappa shape index (κ2) is 4.75. The van der Waals surface area contributed by atoms with Crippen LogP contribution in [0, 0.1) is 6.92 Å². The van der Waals surface area contributed by atoms with E-state index in [0.717, 1.165) is 5.56 Å². The molecule has 0 bridgehead atoms. The molecule has 1 amide bonds. The summed E-state index contributed by atoms with van der Waals surface area (Å²) >= 11 is 8.86. The zero-order valence-corrected chi connectivity index (χ0v) is 10.2. The molecule has 3 nitrogen and oxygen atoms in total. The highest BCUT2D eigenvalue weighted by molar-refractivity contribution is 9.10. The number of halogens is 2. The van der Waals surface area contributed by atoms with Crippen LogP contribution in [-0.4, -0.2) is 15.7 Å². The summed E-state index contributed by atoms with van der Waals surface area (Å²) in [5, 5.41) is 3.15. The van der Waals surface area contributed by atoms with Gasteiger partial charge in [-0.25, -0.2) is 4.98 Å². The van der Waals surface area contributed by atoms with Gasteiger partial charge < -0.3 is 5.32 Å². The third-order valence-electron chi connectivity index (χ3n) is 1.70. The van der Waals surface area contributed by atoms with E-state index >= 15 is 0 Å². The van der Waals surface area contributed by atoms with Gasteiger partial charge in [-0.1, -0.05) is 27.5 Å². The number of amides is 1. The molecule has 76 valence electrons. The van der Waals surface area contributed by atoms with E-state index in [1.54, 1.807) is 19.2 Å². The number of carbonyl (C=O) groups is 1. The van der Waals surface area contributed by atoms with E-state index in [1.165, 1.54) is 0 Å². The van der Waals surface area contributed by atoms with Crippen molar-refractivity contribution in [1.82, 2.24) is 4.98 Å². The van der Waals surface area contributed by atoms with Gasteiger partial charge in [0.25, 0.3) is 0 Å².